The van der Waals surface area contributed by atoms with Crippen LogP contribution in [-0.4, -0.2) is 23.9 Å². The molecule has 140 valence electrons. The molecular weight excluding hydrogens is 394 g/mol. The first-order valence-corrected chi connectivity index (χ1v) is 10.0. The molecule has 2 amide bonds. The largest absolute Gasteiger partial charge is 0.497 e. The minimum absolute atomic E-state index is 0.248. The highest BCUT2D eigenvalue weighted by atomic mass is 32.1. The Kier molecular flexibility index (Phi) is 5.05. The van der Waals surface area contributed by atoms with Gasteiger partial charge < -0.3 is 10.1 Å². The van der Waals surface area contributed by atoms with Gasteiger partial charge in [0.25, 0.3) is 11.8 Å². The number of hydrogen-bond donors (Lipinski definition) is 2. The van der Waals surface area contributed by atoms with E-state index < -0.39 is 0 Å². The summed E-state index contributed by atoms with van der Waals surface area (Å²) < 4.78 is 6.13. The van der Waals surface area contributed by atoms with E-state index in [4.69, 9.17) is 4.74 Å². The molecule has 0 saturated carbocycles. The van der Waals surface area contributed by atoms with E-state index in [1.165, 1.54) is 22.7 Å². The van der Waals surface area contributed by atoms with Gasteiger partial charge in [-0.1, -0.05) is 29.5 Å². The van der Waals surface area contributed by atoms with Crippen LogP contribution in [0, 0.1) is 0 Å². The molecule has 28 heavy (non-hydrogen) atoms. The Labute approximate surface area is 168 Å². The Bertz CT molecular complexity index is 1150. The predicted molar refractivity (Wildman–Crippen MR) is 113 cm³/mol. The number of nitrogens with zero attached hydrogens (tertiary/aromatic N) is 1. The number of fused-ring (bicyclic) bond motifs is 1. The van der Waals surface area contributed by atoms with Crippen LogP contribution in [0.2, 0.25) is 0 Å². The maximum Gasteiger partial charge on any atom is 0.265 e. The number of methoxy groups -OCH3 is 1. The molecule has 2 N–H and O–H groups in total. The minimum Gasteiger partial charge on any atom is -0.497 e. The molecule has 2 aromatic carbocycles. The van der Waals surface area contributed by atoms with Gasteiger partial charge in [0.15, 0.2) is 5.13 Å². The summed E-state index contributed by atoms with van der Waals surface area (Å²) >= 11 is 2.70. The lowest BCUT2D eigenvalue weighted by atomic mass is 10.1. The Morgan fingerprint density at radius 1 is 1.00 bits per heavy atom. The SMILES string of the molecule is COc1ccc2nc(NC(=O)c3ccccc3NC(=O)c3cccs3)sc2c1. The summed E-state index contributed by atoms with van der Waals surface area (Å²) in [6.07, 6.45) is 0. The molecule has 0 aliphatic carbocycles. The van der Waals surface area contributed by atoms with E-state index in [1.54, 1.807) is 43.5 Å². The number of aromatic nitrogens is 1. The molecule has 0 radical (unpaired) electrons. The summed E-state index contributed by atoms with van der Waals surface area (Å²) in [7, 11) is 1.60. The summed E-state index contributed by atoms with van der Waals surface area (Å²) in [4.78, 5) is 30.1. The summed E-state index contributed by atoms with van der Waals surface area (Å²) in [5.74, 6) is 0.145. The van der Waals surface area contributed by atoms with Gasteiger partial charge in [0.1, 0.15) is 5.75 Å². The van der Waals surface area contributed by atoms with Gasteiger partial charge in [0.2, 0.25) is 0 Å². The highest BCUT2D eigenvalue weighted by molar-refractivity contribution is 7.22. The van der Waals surface area contributed by atoms with E-state index in [2.05, 4.69) is 15.6 Å². The van der Waals surface area contributed by atoms with Crippen molar-refractivity contribution >= 4 is 55.5 Å². The molecule has 0 spiro atoms. The van der Waals surface area contributed by atoms with E-state index >= 15 is 0 Å². The van der Waals surface area contributed by atoms with Crippen molar-refractivity contribution < 1.29 is 14.3 Å². The Balaban J connectivity index is 1.56. The molecule has 0 saturated heterocycles. The quantitative estimate of drug-likeness (QED) is 0.493. The fourth-order valence-corrected chi connectivity index (χ4v) is 4.14. The van der Waals surface area contributed by atoms with Crippen molar-refractivity contribution in [3.8, 4) is 5.75 Å². The fraction of sp³-hybridized carbons (Fsp3) is 0.0500. The van der Waals surface area contributed by atoms with Gasteiger partial charge in [-0.2, -0.15) is 0 Å². The summed E-state index contributed by atoms with van der Waals surface area (Å²) in [6, 6.07) is 16.0. The smallest absolute Gasteiger partial charge is 0.265 e. The molecule has 4 aromatic rings. The van der Waals surface area contributed by atoms with Crippen molar-refractivity contribution in [2.75, 3.05) is 17.7 Å². The van der Waals surface area contributed by atoms with E-state index in [0.29, 0.717) is 21.3 Å². The van der Waals surface area contributed by atoms with Gasteiger partial charge in [-0.3, -0.25) is 14.9 Å². The summed E-state index contributed by atoms with van der Waals surface area (Å²) in [5.41, 5.74) is 1.59. The highest BCUT2D eigenvalue weighted by Crippen LogP contribution is 2.30. The number of carbonyl (C=O) groups excluding carboxylic acids is 2. The van der Waals surface area contributed by atoms with Crippen molar-refractivity contribution in [3.05, 3.63) is 70.4 Å². The molecule has 0 fully saturated rings. The first-order valence-electron chi connectivity index (χ1n) is 8.34. The molecule has 8 heteroatoms. The van der Waals surface area contributed by atoms with Crippen LogP contribution in [0.25, 0.3) is 10.2 Å². The number of thiazole rings is 1. The van der Waals surface area contributed by atoms with Crippen LogP contribution in [0.4, 0.5) is 10.8 Å². The standard InChI is InChI=1S/C20H15N3O3S2/c1-26-12-8-9-15-17(11-12)28-20(22-15)23-18(24)13-5-2-3-6-14(13)21-19(25)16-7-4-10-27-16/h2-11H,1H3,(H,21,25)(H,22,23,24). The van der Waals surface area contributed by atoms with Crippen LogP contribution < -0.4 is 15.4 Å². The average Bonchev–Trinajstić information content (AvgIpc) is 3.37. The van der Waals surface area contributed by atoms with E-state index in [0.717, 1.165) is 16.0 Å². The maximum absolute atomic E-state index is 12.8. The summed E-state index contributed by atoms with van der Waals surface area (Å²) in [6.45, 7) is 0. The average molecular weight is 409 g/mol. The number of amides is 2. The monoisotopic (exact) mass is 409 g/mol. The van der Waals surface area contributed by atoms with Gasteiger partial charge in [-0.15, -0.1) is 11.3 Å². The zero-order valence-corrected chi connectivity index (χ0v) is 16.4. The third-order valence-corrected chi connectivity index (χ3v) is 5.78. The second-order valence-corrected chi connectivity index (χ2v) is 7.76. The number of carbonyl (C=O) groups is 2. The molecule has 6 nitrogen and oxygen atoms in total. The number of hydrogen-bond acceptors (Lipinski definition) is 6. The van der Waals surface area contributed by atoms with Crippen LogP contribution in [0.15, 0.2) is 60.0 Å². The molecule has 0 atom stereocenters. The zero-order valence-electron chi connectivity index (χ0n) is 14.8. The van der Waals surface area contributed by atoms with Crippen LogP contribution in [-0.2, 0) is 0 Å². The molecule has 0 bridgehead atoms. The predicted octanol–water partition coefficient (Wildman–Crippen LogP) is 4.87. The van der Waals surface area contributed by atoms with Crippen molar-refractivity contribution in [3.63, 3.8) is 0 Å². The van der Waals surface area contributed by atoms with Gasteiger partial charge in [0.05, 0.1) is 33.5 Å². The molecule has 0 aliphatic rings. The van der Waals surface area contributed by atoms with E-state index in [-0.39, 0.29) is 11.8 Å². The number of thiophene rings is 1. The second kappa shape index (κ2) is 7.79. The Morgan fingerprint density at radius 2 is 1.86 bits per heavy atom. The lowest BCUT2D eigenvalue weighted by Gasteiger charge is -2.09. The van der Waals surface area contributed by atoms with Gasteiger partial charge in [-0.25, -0.2) is 4.98 Å². The van der Waals surface area contributed by atoms with E-state index in [9.17, 15) is 9.59 Å². The molecule has 2 aromatic heterocycles. The lowest BCUT2D eigenvalue weighted by molar-refractivity contribution is 0.102. The molecule has 0 unspecified atom stereocenters. The van der Waals surface area contributed by atoms with Crippen molar-refractivity contribution in [2.45, 2.75) is 0 Å². The lowest BCUT2D eigenvalue weighted by Crippen LogP contribution is -2.17. The number of ether oxygens (including phenoxy) is 1. The maximum atomic E-state index is 12.8. The third-order valence-electron chi connectivity index (χ3n) is 3.98. The topological polar surface area (TPSA) is 80.3 Å². The number of nitrogens with one attached hydrogen (secondary N) is 2. The number of para-hydroxylation sites is 1. The minimum atomic E-state index is -0.340. The normalized spacial score (nSPS) is 10.6. The first kappa shape index (κ1) is 18.1. The third kappa shape index (κ3) is 3.73. The highest BCUT2D eigenvalue weighted by Gasteiger charge is 2.16. The van der Waals surface area contributed by atoms with Crippen LogP contribution in [0.3, 0.4) is 0 Å². The van der Waals surface area contributed by atoms with Crippen LogP contribution >= 0.6 is 22.7 Å². The second-order valence-electron chi connectivity index (χ2n) is 5.78. The van der Waals surface area contributed by atoms with Gasteiger partial charge in [-0.05, 0) is 41.8 Å². The number of benzene rings is 2. The molecular formula is C20H15N3O3S2. The van der Waals surface area contributed by atoms with Crippen molar-refractivity contribution in [1.82, 2.24) is 4.98 Å². The Hall–Kier alpha value is -3.23. The Morgan fingerprint density at radius 3 is 2.64 bits per heavy atom. The van der Waals surface area contributed by atoms with Crippen LogP contribution in [0.5, 0.6) is 5.75 Å². The fourth-order valence-electron chi connectivity index (χ4n) is 2.63. The van der Waals surface area contributed by atoms with Gasteiger partial charge in [0, 0.05) is 0 Å². The summed E-state index contributed by atoms with van der Waals surface area (Å²) in [5, 5.41) is 7.92. The first-order chi connectivity index (χ1) is 13.6. The number of anilines is 2. The molecule has 2 heterocycles. The van der Waals surface area contributed by atoms with Gasteiger partial charge >= 0.3 is 0 Å². The molecule has 4 rings (SSSR count). The van der Waals surface area contributed by atoms with Crippen molar-refractivity contribution in [1.29, 1.82) is 0 Å². The van der Waals surface area contributed by atoms with E-state index in [1.807, 2.05) is 23.6 Å². The van der Waals surface area contributed by atoms with Crippen molar-refractivity contribution in [2.24, 2.45) is 0 Å². The number of rotatable bonds is 5. The zero-order chi connectivity index (χ0) is 19.5. The van der Waals surface area contributed by atoms with Crippen LogP contribution in [0.1, 0.15) is 20.0 Å². The molecule has 0 aliphatic heterocycles.